The number of carbonyl (C=O) groups is 1. The van der Waals surface area contributed by atoms with Gasteiger partial charge in [0.25, 0.3) is 0 Å². The zero-order valence-electron chi connectivity index (χ0n) is 12.5. The van der Waals surface area contributed by atoms with Crippen molar-refractivity contribution < 1.29 is 9.21 Å². The van der Waals surface area contributed by atoms with E-state index in [4.69, 9.17) is 4.42 Å². The largest absolute Gasteiger partial charge is 0.465 e. The lowest BCUT2D eigenvalue weighted by molar-refractivity contribution is -0.111. The molecule has 0 spiro atoms. The molecule has 0 aliphatic rings. The van der Waals surface area contributed by atoms with Crippen molar-refractivity contribution in [2.75, 3.05) is 5.32 Å². The van der Waals surface area contributed by atoms with Crippen LogP contribution in [-0.4, -0.2) is 26.1 Å². The lowest BCUT2D eigenvalue weighted by Gasteiger charge is -2.09. The highest BCUT2D eigenvalue weighted by Gasteiger charge is 2.11. The predicted molar refractivity (Wildman–Crippen MR) is 93.4 cm³/mol. The van der Waals surface area contributed by atoms with E-state index in [1.165, 1.54) is 17.8 Å². The molecule has 0 saturated heterocycles. The number of amides is 1. The molecule has 3 aromatic rings. The summed E-state index contributed by atoms with van der Waals surface area (Å²) in [5.41, 5.74) is 0.659. The number of nitrogens with one attached hydrogen (secondary N) is 1. The van der Waals surface area contributed by atoms with Crippen molar-refractivity contribution in [2.24, 2.45) is 7.05 Å². The highest BCUT2D eigenvalue weighted by Crippen LogP contribution is 2.33. The summed E-state index contributed by atoms with van der Waals surface area (Å²) in [7, 11) is 1.76. The monoisotopic (exact) mass is 405 g/mol. The number of aryl methyl sites for hydroxylation is 1. The van der Waals surface area contributed by atoms with E-state index in [-0.39, 0.29) is 5.91 Å². The molecule has 1 amide bonds. The summed E-state index contributed by atoms with van der Waals surface area (Å²) in [4.78, 5) is 13.0. The van der Waals surface area contributed by atoms with E-state index >= 15 is 0 Å². The minimum Gasteiger partial charge on any atom is -0.465 e. The number of carbonyl (C=O) groups excluding carboxylic acids is 1. The topological polar surface area (TPSA) is 85.8 Å². The number of nitrogens with zero attached hydrogens (tertiary/aromatic N) is 4. The van der Waals surface area contributed by atoms with Gasteiger partial charge in [-0.2, -0.15) is 0 Å². The number of rotatable bonds is 5. The van der Waals surface area contributed by atoms with Crippen molar-refractivity contribution in [3.8, 4) is 0 Å². The summed E-state index contributed by atoms with van der Waals surface area (Å²) in [6, 6.07) is 9.13. The molecule has 0 atom stereocenters. The summed E-state index contributed by atoms with van der Waals surface area (Å²) in [5, 5.41) is 14.8. The highest BCUT2D eigenvalue weighted by molar-refractivity contribution is 9.10. The molecule has 0 aliphatic heterocycles. The van der Waals surface area contributed by atoms with Crippen LogP contribution >= 0.6 is 27.7 Å². The van der Waals surface area contributed by atoms with E-state index in [2.05, 4.69) is 36.8 Å². The summed E-state index contributed by atoms with van der Waals surface area (Å²) in [6.45, 7) is 0. The van der Waals surface area contributed by atoms with Gasteiger partial charge in [0.15, 0.2) is 0 Å². The lowest BCUT2D eigenvalue weighted by atomic mass is 10.3. The van der Waals surface area contributed by atoms with E-state index in [9.17, 15) is 4.79 Å². The van der Waals surface area contributed by atoms with Crippen molar-refractivity contribution in [1.29, 1.82) is 0 Å². The van der Waals surface area contributed by atoms with Crippen molar-refractivity contribution in [3.05, 3.63) is 52.9 Å². The second kappa shape index (κ2) is 7.45. The van der Waals surface area contributed by atoms with Gasteiger partial charge in [-0.1, -0.05) is 15.9 Å². The van der Waals surface area contributed by atoms with Gasteiger partial charge in [0.2, 0.25) is 11.1 Å². The van der Waals surface area contributed by atoms with Gasteiger partial charge in [-0.3, -0.25) is 4.79 Å². The second-order valence-electron chi connectivity index (χ2n) is 4.67. The highest BCUT2D eigenvalue weighted by atomic mass is 79.9. The third kappa shape index (κ3) is 4.12. The van der Waals surface area contributed by atoms with E-state index in [0.29, 0.717) is 16.6 Å². The summed E-state index contributed by atoms with van der Waals surface area (Å²) >= 11 is 4.77. The number of benzene rings is 1. The van der Waals surface area contributed by atoms with Crippen LogP contribution in [0.5, 0.6) is 0 Å². The van der Waals surface area contributed by atoms with Gasteiger partial charge in [-0.05, 0) is 58.6 Å². The molecule has 24 heavy (non-hydrogen) atoms. The van der Waals surface area contributed by atoms with E-state index in [0.717, 1.165) is 9.37 Å². The Balaban J connectivity index is 1.78. The van der Waals surface area contributed by atoms with Crippen molar-refractivity contribution in [3.63, 3.8) is 0 Å². The number of hydrogen-bond acceptors (Lipinski definition) is 6. The Kier molecular flexibility index (Phi) is 5.11. The van der Waals surface area contributed by atoms with Crippen LogP contribution in [-0.2, 0) is 11.8 Å². The summed E-state index contributed by atoms with van der Waals surface area (Å²) in [5.74, 6) is 0.349. The fourth-order valence-corrected chi connectivity index (χ4v) is 2.97. The van der Waals surface area contributed by atoms with E-state index < -0.39 is 0 Å². The van der Waals surface area contributed by atoms with E-state index in [1.807, 2.05) is 18.2 Å². The van der Waals surface area contributed by atoms with Crippen LogP contribution in [0.3, 0.4) is 0 Å². The van der Waals surface area contributed by atoms with Gasteiger partial charge in [0, 0.05) is 22.5 Å². The normalized spacial score (nSPS) is 11.1. The average Bonchev–Trinajstić information content (AvgIpc) is 3.20. The molecule has 0 bridgehead atoms. The standard InChI is InChI=1S/C15H12BrN5O2S/c1-21-15(18-19-20-21)24-13-6-4-10(16)9-12(13)17-14(22)7-5-11-3-2-8-23-11/h2-9H,1H3,(H,17,22)/b7-5+. The fraction of sp³-hybridized carbons (Fsp3) is 0.0667. The molecule has 3 rings (SSSR count). The first kappa shape index (κ1) is 16.5. The number of furan rings is 1. The Bertz CT molecular complexity index is 876. The van der Waals surface area contributed by atoms with Crippen LogP contribution in [0.2, 0.25) is 0 Å². The van der Waals surface area contributed by atoms with Gasteiger partial charge in [0.05, 0.1) is 12.0 Å². The Hall–Kier alpha value is -2.39. The Labute approximate surface area is 150 Å². The van der Waals surface area contributed by atoms with Crippen LogP contribution in [0.1, 0.15) is 5.76 Å². The SMILES string of the molecule is Cn1nnnc1Sc1ccc(Br)cc1NC(=O)/C=C/c1ccco1. The predicted octanol–water partition coefficient (Wildman–Crippen LogP) is 3.37. The summed E-state index contributed by atoms with van der Waals surface area (Å²) in [6.07, 6.45) is 4.57. The van der Waals surface area contributed by atoms with Crippen molar-refractivity contribution in [1.82, 2.24) is 20.2 Å². The van der Waals surface area contributed by atoms with Crippen LogP contribution < -0.4 is 5.32 Å². The molecule has 1 N–H and O–H groups in total. The minimum absolute atomic E-state index is 0.262. The van der Waals surface area contributed by atoms with Crippen LogP contribution in [0.15, 0.2) is 61.6 Å². The lowest BCUT2D eigenvalue weighted by Crippen LogP contribution is -2.08. The van der Waals surface area contributed by atoms with Gasteiger partial charge >= 0.3 is 0 Å². The van der Waals surface area contributed by atoms with Gasteiger partial charge < -0.3 is 9.73 Å². The molecule has 0 saturated carbocycles. The average molecular weight is 406 g/mol. The first-order valence-corrected chi connectivity index (χ1v) is 8.45. The Morgan fingerprint density at radius 1 is 1.42 bits per heavy atom. The molecule has 2 heterocycles. The maximum absolute atomic E-state index is 12.1. The molecular weight excluding hydrogens is 394 g/mol. The smallest absolute Gasteiger partial charge is 0.248 e. The third-order valence-corrected chi connectivity index (χ3v) is 4.52. The molecule has 0 aliphatic carbocycles. The molecule has 0 fully saturated rings. The second-order valence-corrected chi connectivity index (χ2v) is 6.59. The maximum Gasteiger partial charge on any atom is 0.248 e. The van der Waals surface area contributed by atoms with Gasteiger partial charge in [-0.25, -0.2) is 4.68 Å². The number of tetrazole rings is 1. The summed E-state index contributed by atoms with van der Waals surface area (Å²) < 4.78 is 7.58. The molecule has 2 aromatic heterocycles. The Morgan fingerprint density at radius 3 is 3.00 bits per heavy atom. The van der Waals surface area contributed by atoms with E-state index in [1.54, 1.807) is 36.2 Å². The molecule has 9 heteroatoms. The Morgan fingerprint density at radius 2 is 2.29 bits per heavy atom. The molecule has 7 nitrogen and oxygen atoms in total. The van der Waals surface area contributed by atoms with Crippen LogP contribution in [0.25, 0.3) is 6.08 Å². The number of aromatic nitrogens is 4. The molecule has 0 unspecified atom stereocenters. The van der Waals surface area contributed by atoms with Crippen molar-refractivity contribution >= 4 is 45.4 Å². The van der Waals surface area contributed by atoms with Crippen molar-refractivity contribution in [2.45, 2.75) is 10.1 Å². The first-order chi connectivity index (χ1) is 11.6. The van der Waals surface area contributed by atoms with Gasteiger partial charge in [0.1, 0.15) is 5.76 Å². The quantitative estimate of drug-likeness (QED) is 0.654. The number of anilines is 1. The molecular formula is C15H12BrN5O2S. The van der Waals surface area contributed by atoms with Crippen LogP contribution in [0, 0.1) is 0 Å². The molecule has 0 radical (unpaired) electrons. The first-order valence-electron chi connectivity index (χ1n) is 6.84. The molecule has 122 valence electrons. The molecule has 1 aromatic carbocycles. The van der Waals surface area contributed by atoms with Gasteiger partial charge in [-0.15, -0.1) is 5.10 Å². The zero-order valence-corrected chi connectivity index (χ0v) is 14.9. The minimum atomic E-state index is -0.262. The maximum atomic E-state index is 12.1. The zero-order chi connectivity index (χ0) is 16.9. The van der Waals surface area contributed by atoms with Crippen LogP contribution in [0.4, 0.5) is 5.69 Å². The fourth-order valence-electron chi connectivity index (χ4n) is 1.81. The third-order valence-electron chi connectivity index (χ3n) is 2.92. The number of hydrogen-bond donors (Lipinski definition) is 1. The number of halogens is 1.